The second-order valence-electron chi connectivity index (χ2n) is 14.5. The molecule has 2 saturated heterocycles. The number of unbranched alkanes of at least 4 members (excludes halogenated alkanes) is 2. The Kier molecular flexibility index (Phi) is 13.6. The van der Waals surface area contributed by atoms with Crippen molar-refractivity contribution < 1.29 is 51.9 Å². The van der Waals surface area contributed by atoms with Crippen LogP contribution in [0.1, 0.15) is 64.9 Å². The molecule has 2 fully saturated rings. The lowest BCUT2D eigenvalue weighted by molar-refractivity contribution is -0.0906. The molecular formula is C37H53N3O11S. The maximum Gasteiger partial charge on any atom is 0.407 e. The maximum atomic E-state index is 14.5. The van der Waals surface area contributed by atoms with Gasteiger partial charge in [0, 0.05) is 31.6 Å². The number of carbonyl (C=O) groups excluding carboxylic acids is 1. The van der Waals surface area contributed by atoms with Crippen molar-refractivity contribution in [3.05, 3.63) is 54.1 Å². The van der Waals surface area contributed by atoms with E-state index in [0.717, 1.165) is 18.4 Å². The van der Waals surface area contributed by atoms with E-state index in [4.69, 9.17) is 23.7 Å². The number of hydrogen-bond donors (Lipinski definition) is 3. The van der Waals surface area contributed by atoms with Crippen molar-refractivity contribution in [3.63, 3.8) is 0 Å². The second-order valence-corrected chi connectivity index (χ2v) is 16.4. The molecule has 3 N–H and O–H groups in total. The maximum absolute atomic E-state index is 14.5. The van der Waals surface area contributed by atoms with Crippen LogP contribution in [0.25, 0.3) is 0 Å². The molecule has 0 unspecified atom stereocenters. The number of nitrogens with zero attached hydrogens (tertiary/aromatic N) is 2. The molecular weight excluding hydrogens is 694 g/mol. The van der Waals surface area contributed by atoms with Crippen LogP contribution in [0.2, 0.25) is 0 Å². The van der Waals surface area contributed by atoms with E-state index in [-0.39, 0.29) is 43.7 Å². The van der Waals surface area contributed by atoms with Crippen LogP contribution in [-0.4, -0.2) is 111 Å². The van der Waals surface area contributed by atoms with Gasteiger partial charge in [-0.05, 0) is 55.2 Å². The molecule has 0 aromatic heterocycles. The smallest absolute Gasteiger partial charge is 0.407 e. The predicted octanol–water partition coefficient (Wildman–Crippen LogP) is 4.84. The summed E-state index contributed by atoms with van der Waals surface area (Å²) in [5.74, 6) is 0.526. The number of aliphatic hydroxyl groups is 1. The molecule has 5 atom stereocenters. The van der Waals surface area contributed by atoms with Crippen molar-refractivity contribution in [2.75, 3.05) is 46.2 Å². The van der Waals surface area contributed by atoms with Gasteiger partial charge in [0.1, 0.15) is 0 Å². The highest BCUT2D eigenvalue weighted by atomic mass is 32.2. The zero-order chi connectivity index (χ0) is 37.3. The van der Waals surface area contributed by atoms with Crippen LogP contribution < -0.4 is 14.8 Å². The van der Waals surface area contributed by atoms with Crippen molar-refractivity contribution in [1.82, 2.24) is 14.5 Å². The van der Waals surface area contributed by atoms with Gasteiger partial charge in [-0.25, -0.2) is 18.0 Å². The zero-order valence-corrected chi connectivity index (χ0v) is 31.1. The first-order valence-corrected chi connectivity index (χ1v) is 19.6. The van der Waals surface area contributed by atoms with Gasteiger partial charge < -0.3 is 39.2 Å². The third-order valence-corrected chi connectivity index (χ3v) is 11.7. The summed E-state index contributed by atoms with van der Waals surface area (Å²) in [6, 6.07) is 12.1. The Morgan fingerprint density at radius 3 is 2.58 bits per heavy atom. The number of sulfonamides is 1. The van der Waals surface area contributed by atoms with Gasteiger partial charge in [-0.3, -0.25) is 4.90 Å². The van der Waals surface area contributed by atoms with Crippen LogP contribution in [0.4, 0.5) is 9.59 Å². The fourth-order valence-corrected chi connectivity index (χ4v) is 8.80. The molecule has 0 spiro atoms. The highest BCUT2D eigenvalue weighted by molar-refractivity contribution is 7.89. The van der Waals surface area contributed by atoms with Crippen LogP contribution in [0, 0.1) is 11.3 Å². The Hall–Kier alpha value is -3.63. The standard InChI is InChI=1S/C37H53N3O11S/c1-4-5-18-48-35(42)38-17-10-9-16-37(2,3)24-39(52(45,46)27-13-14-32-33(21-27)51-25-50-32)22-31(41)29(20-26-11-7-6-8-12-26)40(36(43)44)30-23-49-34-28(30)15-19-47-34/h6-8,11-14,21,28-31,34,41H,4-5,9-10,15-20,22-25H2,1-3H3,(H,38,42)(H,43,44)/t28-,29-,30-,31+,34+/m0/s1. The summed E-state index contributed by atoms with van der Waals surface area (Å²) < 4.78 is 57.8. The van der Waals surface area contributed by atoms with Crippen molar-refractivity contribution in [3.8, 4) is 11.5 Å². The SMILES string of the molecule is CCCCOC(=O)NCCCCC(C)(C)CN(C[C@@H](O)[C@H](Cc1ccccc1)N(C(=O)O)[C@H]1CO[C@H]2OCC[C@H]21)S(=O)(=O)c1ccc2c(c1)OCO2. The van der Waals surface area contributed by atoms with E-state index >= 15 is 0 Å². The zero-order valence-electron chi connectivity index (χ0n) is 30.3. The van der Waals surface area contributed by atoms with Crippen LogP contribution in [-0.2, 0) is 30.7 Å². The molecule has 3 aliphatic rings. The molecule has 3 aliphatic heterocycles. The molecule has 5 rings (SSSR count). The molecule has 0 saturated carbocycles. The van der Waals surface area contributed by atoms with Gasteiger partial charge in [0.15, 0.2) is 17.8 Å². The number of nitrogens with one attached hydrogen (secondary N) is 1. The normalized spacial score (nSPS) is 20.8. The van der Waals surface area contributed by atoms with Crippen molar-refractivity contribution in [2.24, 2.45) is 11.3 Å². The van der Waals surface area contributed by atoms with Crippen LogP contribution in [0.15, 0.2) is 53.4 Å². The Labute approximate surface area is 306 Å². The van der Waals surface area contributed by atoms with E-state index in [9.17, 15) is 28.2 Å². The first-order valence-electron chi connectivity index (χ1n) is 18.2. The highest BCUT2D eigenvalue weighted by Crippen LogP contribution is 2.38. The molecule has 288 valence electrons. The van der Waals surface area contributed by atoms with Gasteiger partial charge in [-0.2, -0.15) is 4.31 Å². The van der Waals surface area contributed by atoms with E-state index < -0.39 is 52.1 Å². The molecule has 14 nitrogen and oxygen atoms in total. The van der Waals surface area contributed by atoms with Crippen LogP contribution in [0.3, 0.4) is 0 Å². The third-order valence-electron chi connectivity index (χ3n) is 9.93. The highest BCUT2D eigenvalue weighted by Gasteiger charge is 2.49. The summed E-state index contributed by atoms with van der Waals surface area (Å²) in [5, 5.41) is 25.5. The molecule has 15 heteroatoms. The lowest BCUT2D eigenvalue weighted by atomic mass is 9.87. The quantitative estimate of drug-likeness (QED) is 0.168. The van der Waals surface area contributed by atoms with Gasteiger partial charge in [-0.15, -0.1) is 0 Å². The van der Waals surface area contributed by atoms with E-state index in [1.54, 1.807) is 6.07 Å². The number of rotatable bonds is 19. The Morgan fingerprint density at radius 2 is 1.83 bits per heavy atom. The fourth-order valence-electron chi connectivity index (χ4n) is 7.13. The first-order chi connectivity index (χ1) is 24.9. The van der Waals surface area contributed by atoms with Crippen molar-refractivity contribution in [2.45, 2.75) is 95.1 Å². The number of fused-ring (bicyclic) bond motifs is 2. The minimum Gasteiger partial charge on any atom is -0.465 e. The lowest BCUT2D eigenvalue weighted by Gasteiger charge is -2.40. The molecule has 2 aromatic carbocycles. The number of amides is 2. The number of carbonyl (C=O) groups is 2. The number of aliphatic hydroxyl groups excluding tert-OH is 1. The summed E-state index contributed by atoms with van der Waals surface area (Å²) in [7, 11) is -4.24. The van der Waals surface area contributed by atoms with E-state index in [0.29, 0.717) is 56.9 Å². The predicted molar refractivity (Wildman–Crippen MR) is 191 cm³/mol. The Bertz CT molecular complexity index is 1590. The van der Waals surface area contributed by atoms with Crippen molar-refractivity contribution >= 4 is 22.2 Å². The van der Waals surface area contributed by atoms with Gasteiger partial charge in [0.2, 0.25) is 16.8 Å². The monoisotopic (exact) mass is 747 g/mol. The minimum absolute atomic E-state index is 0.0242. The van der Waals surface area contributed by atoms with Gasteiger partial charge in [0.05, 0.1) is 42.9 Å². The second kappa shape index (κ2) is 17.9. The van der Waals surface area contributed by atoms with Gasteiger partial charge in [0.25, 0.3) is 0 Å². The van der Waals surface area contributed by atoms with E-state index in [1.807, 2.05) is 51.1 Å². The average Bonchev–Trinajstić information content (AvgIpc) is 3.86. The first kappa shape index (κ1) is 39.6. The lowest BCUT2D eigenvalue weighted by Crippen LogP contribution is -2.58. The van der Waals surface area contributed by atoms with Gasteiger partial charge >= 0.3 is 12.2 Å². The Balaban J connectivity index is 1.38. The van der Waals surface area contributed by atoms with E-state index in [1.165, 1.54) is 21.3 Å². The number of hydrogen-bond acceptors (Lipinski definition) is 10. The molecule has 0 bridgehead atoms. The summed E-state index contributed by atoms with van der Waals surface area (Å²) in [6.45, 7) is 6.91. The molecule has 52 heavy (non-hydrogen) atoms. The fraction of sp³-hybridized carbons (Fsp3) is 0.622. The number of carboxylic acid groups (broad SMARTS) is 1. The molecule has 0 aliphatic carbocycles. The minimum atomic E-state index is -4.24. The van der Waals surface area contributed by atoms with Crippen molar-refractivity contribution in [1.29, 1.82) is 0 Å². The van der Waals surface area contributed by atoms with E-state index in [2.05, 4.69) is 5.32 Å². The van der Waals surface area contributed by atoms with Gasteiger partial charge in [-0.1, -0.05) is 63.9 Å². The summed E-state index contributed by atoms with van der Waals surface area (Å²) in [6.07, 6.45) is 0.834. The largest absolute Gasteiger partial charge is 0.465 e. The molecule has 3 heterocycles. The topological polar surface area (TPSA) is 173 Å². The molecule has 0 radical (unpaired) electrons. The molecule has 2 aromatic rings. The summed E-state index contributed by atoms with van der Waals surface area (Å²) >= 11 is 0. The summed E-state index contributed by atoms with van der Waals surface area (Å²) in [5.41, 5.74) is 0.226. The average molecular weight is 748 g/mol. The summed E-state index contributed by atoms with van der Waals surface area (Å²) in [4.78, 5) is 26.2. The number of alkyl carbamates (subject to hydrolysis) is 1. The molecule has 2 amide bonds. The Morgan fingerprint density at radius 1 is 1.06 bits per heavy atom. The third kappa shape index (κ3) is 10.1. The number of ether oxygens (including phenoxy) is 5. The van der Waals surface area contributed by atoms with Crippen LogP contribution in [0.5, 0.6) is 11.5 Å². The number of benzene rings is 2. The van der Waals surface area contributed by atoms with Crippen LogP contribution >= 0.6 is 0 Å².